The molecule has 0 bridgehead atoms. The average Bonchev–Trinajstić information content (AvgIpc) is 2.86. The maximum Gasteiger partial charge on any atom is 0.319 e. The predicted octanol–water partition coefficient (Wildman–Crippen LogP) is 1.58. The molecule has 0 saturated carbocycles. The van der Waals surface area contributed by atoms with Gasteiger partial charge in [0.15, 0.2) is 0 Å². The van der Waals surface area contributed by atoms with Crippen molar-refractivity contribution >= 4 is 17.3 Å². The molecule has 1 saturated heterocycles. The number of hydrogen-bond acceptors (Lipinski definition) is 4. The van der Waals surface area contributed by atoms with Crippen molar-refractivity contribution < 1.29 is 14.3 Å². The summed E-state index contributed by atoms with van der Waals surface area (Å²) in [4.78, 5) is 12.8. The molecule has 4 heteroatoms. The van der Waals surface area contributed by atoms with Gasteiger partial charge in [-0.25, -0.2) is 0 Å². The molecule has 76 valence electrons. The van der Waals surface area contributed by atoms with Gasteiger partial charge in [-0.05, 0) is 17.9 Å². The van der Waals surface area contributed by atoms with Crippen molar-refractivity contribution in [3.05, 3.63) is 22.4 Å². The van der Waals surface area contributed by atoms with Crippen LogP contribution in [0.3, 0.4) is 0 Å². The van der Waals surface area contributed by atoms with Crippen LogP contribution < -0.4 is 0 Å². The first-order valence-electron chi connectivity index (χ1n) is 4.50. The van der Waals surface area contributed by atoms with Gasteiger partial charge in [0, 0.05) is 11.5 Å². The second kappa shape index (κ2) is 3.71. The molecule has 1 aliphatic heterocycles. The van der Waals surface area contributed by atoms with E-state index >= 15 is 0 Å². The van der Waals surface area contributed by atoms with E-state index in [2.05, 4.69) is 0 Å². The van der Waals surface area contributed by atoms with E-state index in [1.807, 2.05) is 17.5 Å². The van der Waals surface area contributed by atoms with Crippen LogP contribution in [0.25, 0.3) is 0 Å². The van der Waals surface area contributed by atoms with E-state index in [9.17, 15) is 4.79 Å². The molecule has 1 aliphatic rings. The molecule has 0 N–H and O–H groups in total. The van der Waals surface area contributed by atoms with Gasteiger partial charge in [0.1, 0.15) is 5.41 Å². The molecule has 1 aromatic rings. The molecule has 0 aliphatic carbocycles. The third kappa shape index (κ3) is 1.35. The summed E-state index contributed by atoms with van der Waals surface area (Å²) in [5.41, 5.74) is -0.539. The Bertz CT molecular complexity index is 312. The van der Waals surface area contributed by atoms with Crippen LogP contribution in [0.5, 0.6) is 0 Å². The third-order valence-electron chi connectivity index (χ3n) is 2.59. The van der Waals surface area contributed by atoms with Crippen LogP contribution in [-0.4, -0.2) is 26.3 Å². The average molecular weight is 212 g/mol. The predicted molar refractivity (Wildman–Crippen MR) is 53.4 cm³/mol. The standard InChI is InChI=1S/C10H12O3S/c1-12-9(11)10(4-5-13-7-10)8-3-2-6-14-8/h2-3,6H,4-5,7H2,1H3. The molecule has 1 unspecified atom stereocenters. The van der Waals surface area contributed by atoms with Gasteiger partial charge in [0.2, 0.25) is 0 Å². The Kier molecular flexibility index (Phi) is 2.56. The highest BCUT2D eigenvalue weighted by molar-refractivity contribution is 7.10. The summed E-state index contributed by atoms with van der Waals surface area (Å²) in [7, 11) is 1.43. The molecule has 0 aromatic carbocycles. The molecule has 2 rings (SSSR count). The molecular formula is C10H12O3S. The molecule has 0 radical (unpaired) electrons. The number of carbonyl (C=O) groups excluding carboxylic acids is 1. The fourth-order valence-electron chi connectivity index (χ4n) is 1.77. The largest absolute Gasteiger partial charge is 0.468 e. The zero-order valence-corrected chi connectivity index (χ0v) is 8.80. The van der Waals surface area contributed by atoms with Gasteiger partial charge < -0.3 is 9.47 Å². The Labute approximate surface area is 86.6 Å². The van der Waals surface area contributed by atoms with E-state index in [1.54, 1.807) is 11.3 Å². The SMILES string of the molecule is COC(=O)C1(c2cccs2)CCOC1. The van der Waals surface area contributed by atoms with Crippen LogP contribution in [0, 0.1) is 0 Å². The Balaban J connectivity index is 2.36. The number of esters is 1. The molecular weight excluding hydrogens is 200 g/mol. The highest BCUT2D eigenvalue weighted by atomic mass is 32.1. The maximum atomic E-state index is 11.7. The van der Waals surface area contributed by atoms with E-state index in [4.69, 9.17) is 9.47 Å². The molecule has 0 spiro atoms. The summed E-state index contributed by atoms with van der Waals surface area (Å²) in [6, 6.07) is 3.92. The fraction of sp³-hybridized carbons (Fsp3) is 0.500. The first-order valence-corrected chi connectivity index (χ1v) is 5.38. The smallest absolute Gasteiger partial charge is 0.319 e. The molecule has 1 fully saturated rings. The third-order valence-corrected chi connectivity index (χ3v) is 3.66. The number of rotatable bonds is 2. The maximum absolute atomic E-state index is 11.7. The van der Waals surface area contributed by atoms with Crippen molar-refractivity contribution in [1.82, 2.24) is 0 Å². The Morgan fingerprint density at radius 1 is 1.71 bits per heavy atom. The number of thiophene rings is 1. The first-order chi connectivity index (χ1) is 6.79. The monoisotopic (exact) mass is 212 g/mol. The number of carbonyl (C=O) groups is 1. The summed E-state index contributed by atoms with van der Waals surface area (Å²) < 4.78 is 10.2. The normalized spacial score (nSPS) is 26.4. The minimum absolute atomic E-state index is 0.183. The van der Waals surface area contributed by atoms with Crippen LogP contribution in [-0.2, 0) is 19.7 Å². The van der Waals surface area contributed by atoms with Crippen molar-refractivity contribution in [2.24, 2.45) is 0 Å². The lowest BCUT2D eigenvalue weighted by Gasteiger charge is -2.22. The minimum Gasteiger partial charge on any atom is -0.468 e. The Hall–Kier alpha value is -0.870. The fourth-order valence-corrected chi connectivity index (χ4v) is 2.70. The van der Waals surface area contributed by atoms with Crippen LogP contribution in [0.1, 0.15) is 11.3 Å². The minimum atomic E-state index is -0.539. The van der Waals surface area contributed by atoms with E-state index in [1.165, 1.54) is 7.11 Å². The molecule has 0 amide bonds. The zero-order valence-electron chi connectivity index (χ0n) is 7.99. The van der Waals surface area contributed by atoms with Gasteiger partial charge in [-0.1, -0.05) is 6.07 Å². The lowest BCUT2D eigenvalue weighted by Crippen LogP contribution is -2.36. The van der Waals surface area contributed by atoms with Crippen molar-refractivity contribution in [1.29, 1.82) is 0 Å². The van der Waals surface area contributed by atoms with Crippen molar-refractivity contribution in [3.63, 3.8) is 0 Å². The Morgan fingerprint density at radius 2 is 2.57 bits per heavy atom. The van der Waals surface area contributed by atoms with E-state index in [-0.39, 0.29) is 5.97 Å². The molecule has 2 heterocycles. The number of hydrogen-bond donors (Lipinski definition) is 0. The Morgan fingerprint density at radius 3 is 3.07 bits per heavy atom. The molecule has 1 aromatic heterocycles. The first kappa shape index (κ1) is 9.68. The molecule has 3 nitrogen and oxygen atoms in total. The van der Waals surface area contributed by atoms with Crippen molar-refractivity contribution in [3.8, 4) is 0 Å². The van der Waals surface area contributed by atoms with Crippen LogP contribution >= 0.6 is 11.3 Å². The summed E-state index contributed by atoms with van der Waals surface area (Å²) in [6.45, 7) is 1.08. The van der Waals surface area contributed by atoms with E-state index in [0.29, 0.717) is 13.2 Å². The highest BCUT2D eigenvalue weighted by Crippen LogP contribution is 2.36. The van der Waals surface area contributed by atoms with Gasteiger partial charge in [0.25, 0.3) is 0 Å². The summed E-state index contributed by atoms with van der Waals surface area (Å²) in [5.74, 6) is -0.183. The van der Waals surface area contributed by atoms with E-state index in [0.717, 1.165) is 11.3 Å². The number of methoxy groups -OCH3 is 1. The summed E-state index contributed by atoms with van der Waals surface area (Å²) in [6.07, 6.45) is 0.722. The van der Waals surface area contributed by atoms with Crippen molar-refractivity contribution in [2.45, 2.75) is 11.8 Å². The lowest BCUT2D eigenvalue weighted by molar-refractivity contribution is -0.147. The van der Waals surface area contributed by atoms with E-state index < -0.39 is 5.41 Å². The van der Waals surface area contributed by atoms with Crippen molar-refractivity contribution in [2.75, 3.05) is 20.3 Å². The zero-order chi connectivity index (χ0) is 10.0. The van der Waals surface area contributed by atoms with Gasteiger partial charge >= 0.3 is 5.97 Å². The quantitative estimate of drug-likeness (QED) is 0.698. The molecule has 14 heavy (non-hydrogen) atoms. The summed E-state index contributed by atoms with van der Waals surface area (Å²) >= 11 is 1.58. The topological polar surface area (TPSA) is 35.5 Å². The van der Waals surface area contributed by atoms with Crippen LogP contribution in [0.15, 0.2) is 17.5 Å². The molecule has 1 atom stereocenters. The highest BCUT2D eigenvalue weighted by Gasteiger charge is 2.45. The van der Waals surface area contributed by atoms with Gasteiger partial charge in [-0.2, -0.15) is 0 Å². The second-order valence-corrected chi connectivity index (χ2v) is 4.30. The van der Waals surface area contributed by atoms with Gasteiger partial charge in [-0.15, -0.1) is 11.3 Å². The van der Waals surface area contributed by atoms with Gasteiger partial charge in [0.05, 0.1) is 13.7 Å². The second-order valence-electron chi connectivity index (χ2n) is 3.35. The van der Waals surface area contributed by atoms with Crippen LogP contribution in [0.4, 0.5) is 0 Å². The lowest BCUT2D eigenvalue weighted by atomic mass is 9.86. The van der Waals surface area contributed by atoms with Gasteiger partial charge in [-0.3, -0.25) is 4.79 Å². The number of ether oxygens (including phenoxy) is 2. The van der Waals surface area contributed by atoms with Crippen LogP contribution in [0.2, 0.25) is 0 Å². The summed E-state index contributed by atoms with van der Waals surface area (Å²) in [5, 5.41) is 1.97.